The first-order valence-corrected chi connectivity index (χ1v) is 7.37. The highest BCUT2D eigenvalue weighted by Crippen LogP contribution is 2.35. The van der Waals surface area contributed by atoms with Crippen molar-refractivity contribution < 1.29 is 8.78 Å². The summed E-state index contributed by atoms with van der Waals surface area (Å²) < 4.78 is 26.9. The Kier molecular flexibility index (Phi) is 5.20. The van der Waals surface area contributed by atoms with E-state index in [2.05, 4.69) is 5.32 Å². The zero-order chi connectivity index (χ0) is 15.7. The number of benzene rings is 2. The summed E-state index contributed by atoms with van der Waals surface area (Å²) in [4.78, 5) is 0. The van der Waals surface area contributed by atoms with Crippen molar-refractivity contribution in [3.63, 3.8) is 0 Å². The molecule has 1 N–H and O–H groups in total. The molecule has 7 heteroatoms. The molecular weight excluding hydrogens is 362 g/mol. The first-order chi connectivity index (χ1) is 9.81. The van der Waals surface area contributed by atoms with E-state index in [4.69, 9.17) is 46.4 Å². The van der Waals surface area contributed by atoms with Crippen LogP contribution >= 0.6 is 46.4 Å². The predicted octanol–water partition coefficient (Wildman–Crippen LogP) is 6.75. The highest BCUT2D eigenvalue weighted by molar-refractivity contribution is 6.36. The van der Waals surface area contributed by atoms with Gasteiger partial charge in [-0.15, -0.1) is 0 Å². The van der Waals surface area contributed by atoms with Crippen LogP contribution in [0.1, 0.15) is 18.5 Å². The van der Waals surface area contributed by atoms with Gasteiger partial charge in [-0.05, 0) is 31.2 Å². The van der Waals surface area contributed by atoms with Crippen LogP contribution in [0.5, 0.6) is 0 Å². The van der Waals surface area contributed by atoms with E-state index in [0.29, 0.717) is 16.3 Å². The summed E-state index contributed by atoms with van der Waals surface area (Å²) in [6, 6.07) is 4.92. The Morgan fingerprint density at radius 2 is 1.52 bits per heavy atom. The smallest absolute Gasteiger partial charge is 0.160 e. The molecule has 2 aromatic carbocycles. The van der Waals surface area contributed by atoms with Crippen molar-refractivity contribution in [2.24, 2.45) is 0 Å². The highest BCUT2D eigenvalue weighted by Gasteiger charge is 2.18. The van der Waals surface area contributed by atoms with E-state index in [1.165, 1.54) is 24.3 Å². The van der Waals surface area contributed by atoms with Crippen molar-refractivity contribution in [1.29, 1.82) is 0 Å². The number of nitrogens with one attached hydrogen (secondary N) is 1. The lowest BCUT2D eigenvalue weighted by atomic mass is 10.1. The van der Waals surface area contributed by atoms with Gasteiger partial charge in [-0.1, -0.05) is 46.4 Å². The van der Waals surface area contributed by atoms with Crippen molar-refractivity contribution in [2.45, 2.75) is 13.0 Å². The predicted molar refractivity (Wildman–Crippen MR) is 84.9 cm³/mol. The molecule has 0 saturated heterocycles. The third-order valence-corrected chi connectivity index (χ3v) is 4.14. The zero-order valence-electron chi connectivity index (χ0n) is 10.7. The maximum Gasteiger partial charge on any atom is 0.160 e. The minimum absolute atomic E-state index is 0.0678. The lowest BCUT2D eigenvalue weighted by Crippen LogP contribution is -2.09. The molecule has 1 atom stereocenters. The maximum absolute atomic E-state index is 13.5. The van der Waals surface area contributed by atoms with E-state index in [1.54, 1.807) is 6.92 Å². The second kappa shape index (κ2) is 6.57. The lowest BCUT2D eigenvalue weighted by molar-refractivity contribution is 0.624. The fraction of sp³-hybridized carbons (Fsp3) is 0.143. The van der Waals surface area contributed by atoms with E-state index in [-0.39, 0.29) is 15.1 Å². The molecule has 0 amide bonds. The number of hydrogen-bond donors (Lipinski definition) is 1. The summed E-state index contributed by atoms with van der Waals surface area (Å²) >= 11 is 23.4. The Bertz CT molecular complexity index is 668. The molecule has 0 aliphatic rings. The van der Waals surface area contributed by atoms with Gasteiger partial charge in [0.15, 0.2) is 5.82 Å². The average Bonchev–Trinajstić information content (AvgIpc) is 2.40. The van der Waals surface area contributed by atoms with E-state index >= 15 is 0 Å². The summed E-state index contributed by atoms with van der Waals surface area (Å²) in [7, 11) is 0. The summed E-state index contributed by atoms with van der Waals surface area (Å²) in [5.41, 5.74) is 0.866. The maximum atomic E-state index is 13.5. The van der Waals surface area contributed by atoms with E-state index in [0.717, 1.165) is 0 Å². The summed E-state index contributed by atoms with van der Waals surface area (Å²) in [5, 5.41) is 3.02. The van der Waals surface area contributed by atoms with Crippen LogP contribution in [-0.4, -0.2) is 0 Å². The minimum atomic E-state index is -0.696. The van der Waals surface area contributed by atoms with E-state index in [1.807, 2.05) is 0 Å². The standard InChI is InChI=1S/C14H9Cl4F2N/c1-6(12-8(15)2-3-11(19)13(12)18)21-7-4-9(16)14(20)10(17)5-7/h2-6,21H,1H3. The van der Waals surface area contributed by atoms with E-state index < -0.39 is 17.7 Å². The first-order valence-electron chi connectivity index (χ1n) is 5.85. The van der Waals surface area contributed by atoms with Crippen molar-refractivity contribution >= 4 is 52.1 Å². The fourth-order valence-electron chi connectivity index (χ4n) is 1.90. The number of halogens is 6. The second-order valence-corrected chi connectivity index (χ2v) is 5.98. The summed E-state index contributed by atoms with van der Waals surface area (Å²) in [6.45, 7) is 1.73. The van der Waals surface area contributed by atoms with Gasteiger partial charge in [-0.25, -0.2) is 8.78 Å². The number of anilines is 1. The van der Waals surface area contributed by atoms with Crippen molar-refractivity contribution in [2.75, 3.05) is 5.32 Å². The van der Waals surface area contributed by atoms with Gasteiger partial charge in [0.2, 0.25) is 0 Å². The Balaban J connectivity index is 2.35. The third kappa shape index (κ3) is 3.54. The van der Waals surface area contributed by atoms with Crippen LogP contribution in [0.25, 0.3) is 0 Å². The molecule has 0 fully saturated rings. The van der Waals surface area contributed by atoms with Gasteiger partial charge < -0.3 is 5.32 Å². The molecule has 1 unspecified atom stereocenters. The molecule has 21 heavy (non-hydrogen) atoms. The van der Waals surface area contributed by atoms with Gasteiger partial charge in [0, 0.05) is 16.3 Å². The molecule has 1 nitrogen and oxygen atoms in total. The molecule has 2 aromatic rings. The Morgan fingerprint density at radius 3 is 2.10 bits per heavy atom. The van der Waals surface area contributed by atoms with Crippen LogP contribution in [0.15, 0.2) is 24.3 Å². The molecule has 0 radical (unpaired) electrons. The third-order valence-electron chi connectivity index (χ3n) is 2.88. The van der Waals surface area contributed by atoms with Crippen molar-refractivity contribution in [1.82, 2.24) is 0 Å². The molecule has 2 rings (SSSR count). The average molecular weight is 371 g/mol. The Labute approximate surface area is 140 Å². The largest absolute Gasteiger partial charge is 0.378 e. The first kappa shape index (κ1) is 16.6. The Morgan fingerprint density at radius 1 is 0.952 bits per heavy atom. The van der Waals surface area contributed by atoms with Gasteiger partial charge in [-0.2, -0.15) is 0 Å². The van der Waals surface area contributed by atoms with Gasteiger partial charge in [-0.3, -0.25) is 0 Å². The van der Waals surface area contributed by atoms with Crippen LogP contribution < -0.4 is 5.32 Å². The molecular formula is C14H9Cl4F2N. The molecule has 0 saturated carbocycles. The fourth-order valence-corrected chi connectivity index (χ4v) is 3.09. The molecule has 0 aliphatic carbocycles. The van der Waals surface area contributed by atoms with E-state index in [9.17, 15) is 8.78 Å². The summed E-state index contributed by atoms with van der Waals surface area (Å²) in [5.74, 6) is -1.27. The van der Waals surface area contributed by atoms with Crippen LogP contribution in [0.4, 0.5) is 14.5 Å². The highest BCUT2D eigenvalue weighted by atomic mass is 35.5. The lowest BCUT2D eigenvalue weighted by Gasteiger charge is -2.19. The molecule has 0 aromatic heterocycles. The number of rotatable bonds is 3. The van der Waals surface area contributed by atoms with Gasteiger partial charge in [0.05, 0.1) is 21.1 Å². The molecule has 0 aliphatic heterocycles. The second-order valence-electron chi connectivity index (χ2n) is 4.38. The van der Waals surface area contributed by atoms with Crippen molar-refractivity contribution in [3.05, 3.63) is 61.6 Å². The topological polar surface area (TPSA) is 12.0 Å². The summed E-state index contributed by atoms with van der Waals surface area (Å²) in [6.07, 6.45) is 0. The quantitative estimate of drug-likeness (QED) is 0.465. The van der Waals surface area contributed by atoms with Gasteiger partial charge in [0.1, 0.15) is 5.82 Å². The zero-order valence-corrected chi connectivity index (χ0v) is 13.7. The molecule has 112 valence electrons. The molecule has 0 spiro atoms. The van der Waals surface area contributed by atoms with Crippen LogP contribution in [0.2, 0.25) is 20.1 Å². The van der Waals surface area contributed by atoms with Crippen LogP contribution in [0, 0.1) is 11.6 Å². The van der Waals surface area contributed by atoms with Crippen LogP contribution in [0.3, 0.4) is 0 Å². The van der Waals surface area contributed by atoms with Crippen molar-refractivity contribution in [3.8, 4) is 0 Å². The monoisotopic (exact) mass is 369 g/mol. The minimum Gasteiger partial charge on any atom is -0.378 e. The molecule has 0 heterocycles. The SMILES string of the molecule is CC(Nc1cc(Cl)c(F)c(Cl)c1)c1c(Cl)ccc(F)c1Cl. The Hall–Kier alpha value is -0.740. The van der Waals surface area contributed by atoms with Gasteiger partial charge in [0.25, 0.3) is 0 Å². The van der Waals surface area contributed by atoms with Crippen LogP contribution in [-0.2, 0) is 0 Å². The normalized spacial score (nSPS) is 12.3. The molecule has 0 bridgehead atoms. The van der Waals surface area contributed by atoms with Gasteiger partial charge >= 0.3 is 0 Å². The number of hydrogen-bond acceptors (Lipinski definition) is 1.